The number of nitrogens with zero attached hydrogens (tertiary/aromatic N) is 1. The van der Waals surface area contributed by atoms with Gasteiger partial charge in [-0.25, -0.2) is 9.78 Å². The third-order valence-electron chi connectivity index (χ3n) is 4.15. The van der Waals surface area contributed by atoms with Gasteiger partial charge in [0.05, 0.1) is 24.8 Å². The van der Waals surface area contributed by atoms with Crippen LogP contribution in [0, 0.1) is 0 Å². The SMILES string of the molecule is COc1ccc(NC(=O)Cc2nc(-c3cc4ccccc4oc3=O)cs2)cc1. The molecule has 1 N–H and O–H groups in total. The van der Waals surface area contributed by atoms with Crippen LogP contribution < -0.4 is 15.7 Å². The molecule has 0 radical (unpaired) electrons. The molecule has 0 atom stereocenters. The van der Waals surface area contributed by atoms with Crippen molar-refractivity contribution < 1.29 is 13.9 Å². The predicted molar refractivity (Wildman–Crippen MR) is 109 cm³/mol. The van der Waals surface area contributed by atoms with Gasteiger partial charge in [0.1, 0.15) is 16.3 Å². The van der Waals surface area contributed by atoms with Crippen molar-refractivity contribution in [3.05, 3.63) is 75.4 Å². The van der Waals surface area contributed by atoms with E-state index >= 15 is 0 Å². The average Bonchev–Trinajstić information content (AvgIpc) is 3.16. The Morgan fingerprint density at radius 1 is 1.18 bits per heavy atom. The molecule has 0 saturated heterocycles. The molecule has 0 aliphatic carbocycles. The van der Waals surface area contributed by atoms with Crippen molar-refractivity contribution in [1.29, 1.82) is 0 Å². The van der Waals surface area contributed by atoms with E-state index in [9.17, 15) is 9.59 Å². The minimum atomic E-state index is -0.446. The van der Waals surface area contributed by atoms with E-state index in [1.54, 1.807) is 48.9 Å². The van der Waals surface area contributed by atoms with Crippen LogP contribution in [0.5, 0.6) is 5.75 Å². The minimum absolute atomic E-state index is 0.121. The highest BCUT2D eigenvalue weighted by Crippen LogP contribution is 2.23. The third kappa shape index (κ3) is 3.79. The van der Waals surface area contributed by atoms with Gasteiger partial charge in [-0.2, -0.15) is 0 Å². The van der Waals surface area contributed by atoms with Crippen molar-refractivity contribution in [3.63, 3.8) is 0 Å². The molecule has 0 fully saturated rings. The van der Waals surface area contributed by atoms with E-state index in [1.165, 1.54) is 11.3 Å². The third-order valence-corrected chi connectivity index (χ3v) is 5.00. The van der Waals surface area contributed by atoms with E-state index < -0.39 is 5.63 Å². The Bertz CT molecular complexity index is 1190. The lowest BCUT2D eigenvalue weighted by molar-refractivity contribution is -0.115. The number of methoxy groups -OCH3 is 1. The molecule has 0 aliphatic rings. The van der Waals surface area contributed by atoms with E-state index in [0.29, 0.717) is 27.5 Å². The summed E-state index contributed by atoms with van der Waals surface area (Å²) in [4.78, 5) is 29.0. The highest BCUT2D eigenvalue weighted by molar-refractivity contribution is 7.10. The standard InChI is InChI=1S/C21H16N2O4S/c1-26-15-8-6-14(7-9-15)22-19(24)11-20-23-17(12-28-20)16-10-13-4-2-3-5-18(13)27-21(16)25/h2-10,12H,11H2,1H3,(H,22,24). The van der Waals surface area contributed by atoms with Gasteiger partial charge in [-0.05, 0) is 36.4 Å². The maximum atomic E-state index is 12.3. The lowest BCUT2D eigenvalue weighted by atomic mass is 10.1. The van der Waals surface area contributed by atoms with E-state index in [1.807, 2.05) is 18.2 Å². The molecule has 0 unspecified atom stereocenters. The lowest BCUT2D eigenvalue weighted by Crippen LogP contribution is -2.14. The van der Waals surface area contributed by atoms with Crippen LogP contribution in [0.1, 0.15) is 5.01 Å². The van der Waals surface area contributed by atoms with Crippen molar-refractivity contribution >= 4 is 33.9 Å². The summed E-state index contributed by atoms with van der Waals surface area (Å²) in [6.07, 6.45) is 0.121. The zero-order chi connectivity index (χ0) is 19.5. The molecule has 2 heterocycles. The van der Waals surface area contributed by atoms with Crippen LogP contribution in [0.15, 0.2) is 69.2 Å². The van der Waals surface area contributed by atoms with Crippen LogP contribution in [-0.2, 0) is 11.2 Å². The monoisotopic (exact) mass is 392 g/mol. The topological polar surface area (TPSA) is 81.4 Å². The number of hydrogen-bond donors (Lipinski definition) is 1. The Morgan fingerprint density at radius 2 is 1.96 bits per heavy atom. The highest BCUT2D eigenvalue weighted by Gasteiger charge is 2.13. The number of hydrogen-bond acceptors (Lipinski definition) is 6. The molecule has 0 spiro atoms. The largest absolute Gasteiger partial charge is 0.497 e. The van der Waals surface area contributed by atoms with Crippen molar-refractivity contribution in [1.82, 2.24) is 4.98 Å². The molecule has 4 aromatic rings. The quantitative estimate of drug-likeness (QED) is 0.517. The maximum Gasteiger partial charge on any atom is 0.345 e. The van der Waals surface area contributed by atoms with E-state index in [2.05, 4.69) is 10.3 Å². The number of carbonyl (C=O) groups is 1. The fraction of sp³-hybridized carbons (Fsp3) is 0.0952. The van der Waals surface area contributed by atoms with E-state index in [4.69, 9.17) is 9.15 Å². The first-order valence-corrected chi connectivity index (χ1v) is 9.42. The van der Waals surface area contributed by atoms with Gasteiger partial charge in [-0.1, -0.05) is 18.2 Å². The second-order valence-corrected chi connectivity index (χ2v) is 7.01. The van der Waals surface area contributed by atoms with Gasteiger partial charge in [-0.15, -0.1) is 11.3 Å². The fourth-order valence-corrected chi connectivity index (χ4v) is 3.57. The summed E-state index contributed by atoms with van der Waals surface area (Å²) in [5.41, 5.74) is 1.66. The first-order chi connectivity index (χ1) is 13.6. The summed E-state index contributed by atoms with van der Waals surface area (Å²) >= 11 is 1.33. The molecule has 2 aromatic heterocycles. The van der Waals surface area contributed by atoms with Crippen molar-refractivity contribution in [2.24, 2.45) is 0 Å². The molecule has 28 heavy (non-hydrogen) atoms. The Morgan fingerprint density at radius 3 is 2.75 bits per heavy atom. The molecule has 7 heteroatoms. The molecule has 4 rings (SSSR count). The zero-order valence-electron chi connectivity index (χ0n) is 15.0. The second kappa shape index (κ2) is 7.66. The predicted octanol–water partition coefficient (Wildman–Crippen LogP) is 4.11. The number of benzene rings is 2. The average molecular weight is 392 g/mol. The van der Waals surface area contributed by atoms with Gasteiger partial charge >= 0.3 is 5.63 Å². The Hall–Kier alpha value is -3.45. The van der Waals surface area contributed by atoms with Crippen LogP contribution in [0.25, 0.3) is 22.2 Å². The smallest absolute Gasteiger partial charge is 0.345 e. The van der Waals surface area contributed by atoms with Crippen LogP contribution in [0.2, 0.25) is 0 Å². The number of para-hydroxylation sites is 1. The number of amides is 1. The summed E-state index contributed by atoms with van der Waals surface area (Å²) in [7, 11) is 1.59. The summed E-state index contributed by atoms with van der Waals surface area (Å²) in [6, 6.07) is 16.2. The molecule has 6 nitrogen and oxygen atoms in total. The molecule has 0 aliphatic heterocycles. The summed E-state index contributed by atoms with van der Waals surface area (Å²) < 4.78 is 10.5. The number of carbonyl (C=O) groups excluding carboxylic acids is 1. The van der Waals surface area contributed by atoms with Crippen molar-refractivity contribution in [3.8, 4) is 17.0 Å². The lowest BCUT2D eigenvalue weighted by Gasteiger charge is -2.05. The van der Waals surface area contributed by atoms with Crippen LogP contribution in [0.4, 0.5) is 5.69 Å². The van der Waals surface area contributed by atoms with E-state index in [0.717, 1.165) is 11.1 Å². The molecule has 2 aromatic carbocycles. The molecule has 0 saturated carbocycles. The summed E-state index contributed by atoms with van der Waals surface area (Å²) in [5, 5.41) is 6.02. The highest BCUT2D eigenvalue weighted by atomic mass is 32.1. The number of ether oxygens (including phenoxy) is 1. The molecule has 0 bridgehead atoms. The van der Waals surface area contributed by atoms with Gasteiger partial charge in [0, 0.05) is 16.5 Å². The Balaban J connectivity index is 1.50. The number of fused-ring (bicyclic) bond motifs is 1. The first kappa shape index (κ1) is 17.9. The Labute approximate surface area is 164 Å². The van der Waals surface area contributed by atoms with Crippen LogP contribution in [0.3, 0.4) is 0 Å². The van der Waals surface area contributed by atoms with Gasteiger partial charge < -0.3 is 14.5 Å². The molecule has 140 valence electrons. The summed E-state index contributed by atoms with van der Waals surface area (Å²) in [6.45, 7) is 0. The normalized spacial score (nSPS) is 10.8. The number of thiazole rings is 1. The zero-order valence-corrected chi connectivity index (χ0v) is 15.8. The number of nitrogens with one attached hydrogen (secondary N) is 1. The van der Waals surface area contributed by atoms with E-state index in [-0.39, 0.29) is 12.3 Å². The van der Waals surface area contributed by atoms with Gasteiger partial charge in [-0.3, -0.25) is 4.79 Å². The minimum Gasteiger partial charge on any atom is -0.497 e. The fourth-order valence-electron chi connectivity index (χ4n) is 2.77. The second-order valence-electron chi connectivity index (χ2n) is 6.07. The Kier molecular flexibility index (Phi) is 4.90. The molecular weight excluding hydrogens is 376 g/mol. The number of aromatic nitrogens is 1. The van der Waals surface area contributed by atoms with Gasteiger partial charge in [0.15, 0.2) is 0 Å². The molecule has 1 amide bonds. The summed E-state index contributed by atoms with van der Waals surface area (Å²) in [5.74, 6) is 0.536. The van der Waals surface area contributed by atoms with Crippen LogP contribution >= 0.6 is 11.3 Å². The van der Waals surface area contributed by atoms with Crippen molar-refractivity contribution in [2.45, 2.75) is 6.42 Å². The first-order valence-electron chi connectivity index (χ1n) is 8.54. The molecular formula is C21H16N2O4S. The van der Waals surface area contributed by atoms with Crippen molar-refractivity contribution in [2.75, 3.05) is 12.4 Å². The number of anilines is 1. The van der Waals surface area contributed by atoms with Crippen LogP contribution in [-0.4, -0.2) is 18.0 Å². The van der Waals surface area contributed by atoms with Gasteiger partial charge in [0.2, 0.25) is 5.91 Å². The number of rotatable bonds is 5. The maximum absolute atomic E-state index is 12.3. The van der Waals surface area contributed by atoms with Gasteiger partial charge in [0.25, 0.3) is 0 Å².